The lowest BCUT2D eigenvalue weighted by Gasteiger charge is -2.45. The summed E-state index contributed by atoms with van der Waals surface area (Å²) in [4.78, 5) is 0. The van der Waals surface area contributed by atoms with E-state index in [0.717, 1.165) is 12.5 Å². The summed E-state index contributed by atoms with van der Waals surface area (Å²) < 4.78 is 0. The van der Waals surface area contributed by atoms with Gasteiger partial charge in [-0.3, -0.25) is 0 Å². The minimum Gasteiger partial charge on any atom is -0.316 e. The van der Waals surface area contributed by atoms with Crippen LogP contribution < -0.4 is 5.32 Å². The fourth-order valence-corrected chi connectivity index (χ4v) is 1.60. The molecule has 0 amide bonds. The minimum absolute atomic E-state index is 0.621. The lowest BCUT2D eigenvalue weighted by atomic mass is 9.62. The second-order valence-corrected chi connectivity index (χ2v) is 3.87. The average Bonchev–Trinajstić information content (AvgIpc) is 1.97. The average molecular weight is 141 g/mol. The van der Waals surface area contributed by atoms with Crippen LogP contribution in [-0.2, 0) is 0 Å². The molecule has 1 nitrogen and oxygen atoms in total. The Morgan fingerprint density at radius 1 is 1.60 bits per heavy atom. The lowest BCUT2D eigenvalue weighted by molar-refractivity contribution is 0.0661. The zero-order valence-corrected chi connectivity index (χ0v) is 7.41. The topological polar surface area (TPSA) is 12.0 Å². The molecule has 0 aromatic rings. The van der Waals surface area contributed by atoms with Gasteiger partial charge in [-0.2, -0.15) is 0 Å². The first kappa shape index (κ1) is 8.06. The van der Waals surface area contributed by atoms with Crippen molar-refractivity contribution in [3.05, 3.63) is 0 Å². The van der Waals surface area contributed by atoms with E-state index in [0.29, 0.717) is 5.41 Å². The summed E-state index contributed by atoms with van der Waals surface area (Å²) in [6, 6.07) is 0. The molecule has 1 N–H and O–H groups in total. The van der Waals surface area contributed by atoms with Gasteiger partial charge < -0.3 is 5.32 Å². The number of hydrogen-bond acceptors (Lipinski definition) is 1. The molecule has 10 heavy (non-hydrogen) atoms. The molecular formula is C9H19N. The second-order valence-electron chi connectivity index (χ2n) is 3.87. The second kappa shape index (κ2) is 2.91. The lowest BCUT2D eigenvalue weighted by Crippen LogP contribution is -2.43. The molecule has 0 aliphatic heterocycles. The number of rotatable bonds is 3. The van der Waals surface area contributed by atoms with Gasteiger partial charge >= 0.3 is 0 Å². The third-order valence-electron chi connectivity index (χ3n) is 3.12. The van der Waals surface area contributed by atoms with E-state index in [1.54, 1.807) is 0 Å². The molecule has 60 valence electrons. The van der Waals surface area contributed by atoms with Crippen molar-refractivity contribution in [2.45, 2.75) is 33.6 Å². The van der Waals surface area contributed by atoms with Gasteiger partial charge in [0.2, 0.25) is 0 Å². The Morgan fingerprint density at radius 2 is 2.30 bits per heavy atom. The predicted octanol–water partition coefficient (Wildman–Crippen LogP) is 2.03. The Hall–Kier alpha value is -0.0400. The molecule has 1 aliphatic carbocycles. The van der Waals surface area contributed by atoms with Gasteiger partial charge in [0.05, 0.1) is 0 Å². The maximum atomic E-state index is 3.42. The summed E-state index contributed by atoms with van der Waals surface area (Å²) in [7, 11) is 0. The van der Waals surface area contributed by atoms with Crippen LogP contribution in [0.25, 0.3) is 0 Å². The van der Waals surface area contributed by atoms with Crippen LogP contribution in [0.4, 0.5) is 0 Å². The van der Waals surface area contributed by atoms with Crippen molar-refractivity contribution in [2.75, 3.05) is 13.1 Å². The van der Waals surface area contributed by atoms with E-state index >= 15 is 0 Å². The molecule has 0 aromatic heterocycles. The zero-order chi connectivity index (χ0) is 7.61. The summed E-state index contributed by atoms with van der Waals surface area (Å²) >= 11 is 0. The van der Waals surface area contributed by atoms with Gasteiger partial charge in [0.15, 0.2) is 0 Å². The van der Waals surface area contributed by atoms with E-state index in [9.17, 15) is 0 Å². The van der Waals surface area contributed by atoms with Crippen molar-refractivity contribution in [1.82, 2.24) is 5.32 Å². The molecule has 1 heteroatoms. The summed E-state index contributed by atoms with van der Waals surface area (Å²) in [5.74, 6) is 0.937. The van der Waals surface area contributed by atoms with Gasteiger partial charge in [-0.15, -0.1) is 0 Å². The first-order valence-corrected chi connectivity index (χ1v) is 4.40. The predicted molar refractivity (Wildman–Crippen MR) is 45.0 cm³/mol. The monoisotopic (exact) mass is 141 g/mol. The van der Waals surface area contributed by atoms with Crippen molar-refractivity contribution in [1.29, 1.82) is 0 Å². The van der Waals surface area contributed by atoms with Crippen molar-refractivity contribution in [2.24, 2.45) is 11.3 Å². The Morgan fingerprint density at radius 3 is 2.60 bits per heavy atom. The minimum atomic E-state index is 0.621. The van der Waals surface area contributed by atoms with E-state index < -0.39 is 0 Å². The van der Waals surface area contributed by atoms with Crippen LogP contribution in [0.15, 0.2) is 0 Å². The van der Waals surface area contributed by atoms with Crippen LogP contribution >= 0.6 is 0 Å². The van der Waals surface area contributed by atoms with Crippen molar-refractivity contribution >= 4 is 0 Å². The van der Waals surface area contributed by atoms with E-state index in [2.05, 4.69) is 26.1 Å². The van der Waals surface area contributed by atoms with Crippen molar-refractivity contribution in [3.63, 3.8) is 0 Å². The highest BCUT2D eigenvalue weighted by molar-refractivity contribution is 4.90. The van der Waals surface area contributed by atoms with Gasteiger partial charge in [0, 0.05) is 6.54 Å². The van der Waals surface area contributed by atoms with Gasteiger partial charge in [-0.1, -0.05) is 20.8 Å². The summed E-state index contributed by atoms with van der Waals surface area (Å²) in [5.41, 5.74) is 0.621. The smallest absolute Gasteiger partial charge is 0.000760 e. The van der Waals surface area contributed by atoms with E-state index in [4.69, 9.17) is 0 Å². The normalized spacial score (nSPS) is 39.3. The molecule has 0 aromatic carbocycles. The first-order valence-electron chi connectivity index (χ1n) is 4.40. The molecule has 2 atom stereocenters. The summed E-state index contributed by atoms with van der Waals surface area (Å²) in [6.45, 7) is 9.25. The molecule has 0 spiro atoms. The van der Waals surface area contributed by atoms with Crippen LogP contribution in [0.3, 0.4) is 0 Å². The molecule has 0 heterocycles. The molecule has 1 rings (SSSR count). The van der Waals surface area contributed by atoms with Gasteiger partial charge in [-0.25, -0.2) is 0 Å². The molecular weight excluding hydrogens is 122 g/mol. The van der Waals surface area contributed by atoms with Crippen LogP contribution in [-0.4, -0.2) is 13.1 Å². The fourth-order valence-electron chi connectivity index (χ4n) is 1.60. The van der Waals surface area contributed by atoms with E-state index in [1.807, 2.05) is 0 Å². The largest absolute Gasteiger partial charge is 0.316 e. The van der Waals surface area contributed by atoms with Crippen molar-refractivity contribution < 1.29 is 0 Å². The number of nitrogens with one attached hydrogen (secondary N) is 1. The van der Waals surface area contributed by atoms with E-state index in [1.165, 1.54) is 19.4 Å². The summed E-state index contributed by atoms with van der Waals surface area (Å²) in [5, 5.41) is 3.42. The molecule has 0 bridgehead atoms. The summed E-state index contributed by atoms with van der Waals surface area (Å²) in [6.07, 6.45) is 2.85. The Labute approximate surface area is 64.2 Å². The van der Waals surface area contributed by atoms with Gasteiger partial charge in [-0.05, 0) is 30.7 Å². The van der Waals surface area contributed by atoms with Gasteiger partial charge in [0.1, 0.15) is 0 Å². The Kier molecular flexibility index (Phi) is 2.35. The molecule has 1 saturated carbocycles. The molecule has 1 fully saturated rings. The van der Waals surface area contributed by atoms with Crippen LogP contribution in [0.2, 0.25) is 0 Å². The van der Waals surface area contributed by atoms with E-state index in [-0.39, 0.29) is 0 Å². The standard InChI is InChI=1S/C9H19N/c1-4-10-7-9(3)6-5-8(9)2/h8,10H,4-7H2,1-3H3. The number of hydrogen-bond donors (Lipinski definition) is 1. The SMILES string of the molecule is CCNCC1(C)CCC1C. The molecule has 2 unspecified atom stereocenters. The maximum absolute atomic E-state index is 3.42. The highest BCUT2D eigenvalue weighted by atomic mass is 14.9. The van der Waals surface area contributed by atoms with Crippen LogP contribution in [0, 0.1) is 11.3 Å². The van der Waals surface area contributed by atoms with Crippen molar-refractivity contribution in [3.8, 4) is 0 Å². The molecule has 0 saturated heterocycles. The van der Waals surface area contributed by atoms with Gasteiger partial charge in [0.25, 0.3) is 0 Å². The Bertz CT molecular complexity index is 111. The highest BCUT2D eigenvalue weighted by Crippen LogP contribution is 2.45. The van der Waals surface area contributed by atoms with Crippen LogP contribution in [0.5, 0.6) is 0 Å². The first-order chi connectivity index (χ1) is 4.69. The third kappa shape index (κ3) is 1.34. The third-order valence-corrected chi connectivity index (χ3v) is 3.12. The maximum Gasteiger partial charge on any atom is 0.000760 e. The fraction of sp³-hybridized carbons (Fsp3) is 1.00. The quantitative estimate of drug-likeness (QED) is 0.634. The molecule has 0 radical (unpaired) electrons. The molecule has 1 aliphatic rings. The highest BCUT2D eigenvalue weighted by Gasteiger charge is 2.38. The van der Waals surface area contributed by atoms with Crippen LogP contribution in [0.1, 0.15) is 33.6 Å². The Balaban J connectivity index is 2.24. The zero-order valence-electron chi connectivity index (χ0n) is 7.41.